The first kappa shape index (κ1) is 21.0. The molecule has 0 amide bonds. The van der Waals surface area contributed by atoms with Gasteiger partial charge in [0.2, 0.25) is 0 Å². The maximum Gasteiger partial charge on any atom is 0.252 e. The summed E-state index contributed by atoms with van der Waals surface area (Å²) in [4.78, 5) is 2.65. The van der Waals surface area contributed by atoms with Gasteiger partial charge in [0.15, 0.2) is 0 Å². The smallest absolute Gasteiger partial charge is 0.252 e. The van der Waals surface area contributed by atoms with Crippen molar-refractivity contribution in [2.45, 2.75) is 78.6 Å². The van der Waals surface area contributed by atoms with E-state index in [0.717, 1.165) is 14.4 Å². The summed E-state index contributed by atoms with van der Waals surface area (Å²) in [6.07, 6.45) is 0. The fourth-order valence-corrected chi connectivity index (χ4v) is 9.34. The van der Waals surface area contributed by atoms with Crippen LogP contribution in [0.5, 0.6) is 0 Å². The van der Waals surface area contributed by atoms with Crippen LogP contribution < -0.4 is 31.1 Å². The second-order valence-corrected chi connectivity index (χ2v) is 20.3. The first-order valence-electron chi connectivity index (χ1n) is 37.3. The molecule has 9 aromatic carbocycles. The Morgan fingerprint density at radius 1 is 0.406 bits per heavy atom. The Hall–Kier alpha value is -7.50. The molecule has 10 aromatic rings. The van der Waals surface area contributed by atoms with Crippen LogP contribution in [-0.2, 0) is 16.2 Å². The minimum atomic E-state index is -2.06. The molecule has 13 rings (SSSR count). The van der Waals surface area contributed by atoms with E-state index in [1.54, 1.807) is 62.3 Å². The molecule has 0 radical (unpaired) electrons. The second-order valence-electron chi connectivity index (χ2n) is 20.3. The number of para-hydroxylation sites is 3. The molecule has 0 saturated heterocycles. The van der Waals surface area contributed by atoms with Crippen LogP contribution in [0.15, 0.2) is 181 Å². The zero-order chi connectivity index (χ0) is 73.4. The SMILES string of the molecule is [2H]c1c([2H])c2c3c(c1[2H])-n1c4c([2H])c([2H])c([2H])c([2H])c4c4c([2H])c([2H])c([2H])c(c41)N3c1c([2H])c(C(C)(C)C)c([2H])c3c1B2c1c([2H])c([2H])c(N(c2c([2H])c([2H])c(C(C)(C)C)c([2H])c2[2H])c2c([2H])c([2H])c(C(C)(C)C)c([2H])c2[2H])c([2H])c1N3c1c([2H])c([2H])c([2H])c2c([2H])c([2H])c([2H])c([2H])c12. The van der Waals surface area contributed by atoms with Gasteiger partial charge in [0, 0.05) is 50.3 Å². The maximum atomic E-state index is 11.1. The number of benzene rings is 9. The zero-order valence-electron chi connectivity index (χ0n) is 68.9. The summed E-state index contributed by atoms with van der Waals surface area (Å²) in [5, 5.41) is -2.14. The average molecular weight is 923 g/mol. The Labute approximate surface area is 449 Å². The number of anilines is 9. The molecule has 1 aromatic heterocycles. The normalized spacial score (nSPS) is 19.9. The van der Waals surface area contributed by atoms with Crippen molar-refractivity contribution in [3.8, 4) is 5.69 Å². The highest BCUT2D eigenvalue weighted by Crippen LogP contribution is 2.54. The van der Waals surface area contributed by atoms with Gasteiger partial charge in [0.05, 0.1) is 74.9 Å². The lowest BCUT2D eigenvalue weighted by atomic mass is 9.33. The van der Waals surface area contributed by atoms with Gasteiger partial charge < -0.3 is 19.3 Å². The van der Waals surface area contributed by atoms with Crippen LogP contribution in [0.25, 0.3) is 38.3 Å². The van der Waals surface area contributed by atoms with E-state index < -0.39 is 294 Å². The van der Waals surface area contributed by atoms with E-state index in [9.17, 15) is 35.6 Å². The highest BCUT2D eigenvalue weighted by atomic mass is 15.2. The van der Waals surface area contributed by atoms with Crippen molar-refractivity contribution in [1.82, 2.24) is 4.57 Å². The van der Waals surface area contributed by atoms with Crippen LogP contribution >= 0.6 is 0 Å². The van der Waals surface area contributed by atoms with Crippen LogP contribution in [0.3, 0.4) is 0 Å². The molecule has 69 heavy (non-hydrogen) atoms. The highest BCUT2D eigenvalue weighted by Gasteiger charge is 2.47. The Morgan fingerprint density at radius 2 is 0.942 bits per heavy atom. The van der Waals surface area contributed by atoms with Gasteiger partial charge in [-0.05, 0) is 127 Å². The predicted octanol–water partition coefficient (Wildman–Crippen LogP) is 15.7. The van der Waals surface area contributed by atoms with Crippen LogP contribution in [0, 0.1) is 0 Å². The summed E-state index contributed by atoms with van der Waals surface area (Å²) in [7, 11) is 0. The molecule has 3 aliphatic heterocycles. The summed E-state index contributed by atoms with van der Waals surface area (Å²) in [5.74, 6) is 0. The molecule has 4 heterocycles. The fraction of sp³-hybridized carbons (Fsp3) is 0.188. The van der Waals surface area contributed by atoms with Gasteiger partial charge >= 0.3 is 0 Å². The van der Waals surface area contributed by atoms with E-state index >= 15 is 0 Å². The largest absolute Gasteiger partial charge is 0.311 e. The van der Waals surface area contributed by atoms with E-state index in [1.165, 1.54) is 0 Å². The molecule has 0 N–H and O–H groups in total. The van der Waals surface area contributed by atoms with Gasteiger partial charge in [-0.2, -0.15) is 0 Å². The van der Waals surface area contributed by atoms with Crippen molar-refractivity contribution in [3.63, 3.8) is 0 Å². The Kier molecular flexibility index (Phi) is 4.42. The summed E-state index contributed by atoms with van der Waals surface area (Å²) in [6, 6.07) is -26.0. The van der Waals surface area contributed by atoms with E-state index in [-0.39, 0.29) is 33.0 Å². The number of rotatable bonds is 4. The van der Waals surface area contributed by atoms with Gasteiger partial charge in [-0.15, -0.1) is 0 Å². The summed E-state index contributed by atoms with van der Waals surface area (Å²) < 4.78 is 294. The lowest BCUT2D eigenvalue weighted by molar-refractivity contribution is 0.590. The first-order chi connectivity index (χ1) is 45.7. The van der Waals surface area contributed by atoms with Gasteiger partial charge in [-0.25, -0.2) is 0 Å². The number of aromatic nitrogens is 1. The minimum Gasteiger partial charge on any atom is -0.311 e. The van der Waals surface area contributed by atoms with Crippen molar-refractivity contribution < 1.29 is 41.1 Å². The quantitative estimate of drug-likeness (QED) is 0.164. The first-order valence-corrected chi connectivity index (χ1v) is 22.3. The third-order valence-corrected chi connectivity index (χ3v) is 12.7. The van der Waals surface area contributed by atoms with Gasteiger partial charge in [-0.1, -0.05) is 171 Å². The molecule has 3 aliphatic rings. The van der Waals surface area contributed by atoms with Gasteiger partial charge in [-0.3, -0.25) is 0 Å². The molecule has 0 aliphatic carbocycles. The number of nitrogens with zero attached hydrogens (tertiary/aromatic N) is 4. The lowest BCUT2D eigenvalue weighted by Gasteiger charge is -2.47. The van der Waals surface area contributed by atoms with Gasteiger partial charge in [0.1, 0.15) is 0 Å². The highest BCUT2D eigenvalue weighted by molar-refractivity contribution is 7.00. The van der Waals surface area contributed by atoms with Crippen molar-refractivity contribution in [2.75, 3.05) is 14.7 Å². The molecular weight excluding hydrogens is 836 g/mol. The molecule has 0 spiro atoms. The molecule has 4 nitrogen and oxygen atoms in total. The monoisotopic (exact) mass is 923 g/mol. The van der Waals surface area contributed by atoms with Crippen molar-refractivity contribution in [3.05, 3.63) is 198 Å². The maximum absolute atomic E-state index is 11.1. The summed E-state index contributed by atoms with van der Waals surface area (Å²) in [6.45, 7) is 12.3. The average Bonchev–Trinajstić information content (AvgIpc) is 1.58. The Balaban J connectivity index is 1.36. The van der Waals surface area contributed by atoms with E-state index in [0.29, 0.717) is 4.90 Å². The number of hydrogen-bond acceptors (Lipinski definition) is 3. The fourth-order valence-electron chi connectivity index (χ4n) is 9.34. The molecule has 5 heteroatoms. The van der Waals surface area contributed by atoms with Crippen molar-refractivity contribution >= 4 is 107 Å². The second kappa shape index (κ2) is 14.5. The molecule has 0 saturated carbocycles. The molecular formula is C64H57BN4. The summed E-state index contributed by atoms with van der Waals surface area (Å²) >= 11 is 0. The Bertz CT molecular complexity index is 5400. The standard InChI is InChI=1S/C64H57BN4/c1-62(2,3)41-27-31-44(32-28-41)66(45-33-29-42(30-34-45)63(4,5)6)46-35-36-50-56(39-46)67(52-24-14-18-40-17-10-11-19-47(40)52)57-37-43(64(7,8)9)38-58-59(57)65(50)51-22-16-26-55-61(51)69(58)54-25-15-21-49-48-20-12-13-23-53(48)68(55)60(49)54/h10-39H,1-9H3/i10D,11D,12D,13D,14D,15D,16D,17D,18D,19D,20D,21D,22D,23D,24D,25D,26D,27D,28D,29D,30D,31D,32D,33D,34D,35D,36D,37D,38D,39D. The van der Waals surface area contributed by atoms with Crippen LogP contribution in [0.4, 0.5) is 51.2 Å². The molecule has 0 fully saturated rings. The molecule has 0 unspecified atom stereocenters. The van der Waals surface area contributed by atoms with E-state index in [2.05, 4.69) is 0 Å². The number of fused-ring (bicyclic) bond motifs is 10. The molecule has 0 bridgehead atoms. The van der Waals surface area contributed by atoms with Crippen LogP contribution in [-0.4, -0.2) is 11.3 Å². The lowest BCUT2D eigenvalue weighted by Crippen LogP contribution is -2.62. The van der Waals surface area contributed by atoms with E-state index in [1.807, 2.05) is 0 Å². The summed E-state index contributed by atoms with van der Waals surface area (Å²) in [5.41, 5.74) is -13.4. The third kappa shape index (κ3) is 6.15. The molecule has 336 valence electrons. The Morgan fingerprint density at radius 3 is 1.62 bits per heavy atom. The zero-order valence-corrected chi connectivity index (χ0v) is 38.9. The topological polar surface area (TPSA) is 14.7 Å². The molecule has 0 atom stereocenters. The van der Waals surface area contributed by atoms with Gasteiger partial charge in [0.25, 0.3) is 6.71 Å². The third-order valence-electron chi connectivity index (χ3n) is 12.7. The van der Waals surface area contributed by atoms with Crippen molar-refractivity contribution in [1.29, 1.82) is 0 Å². The van der Waals surface area contributed by atoms with Crippen LogP contribution in [0.1, 0.15) is 120 Å². The minimum absolute atomic E-state index is 0.150. The van der Waals surface area contributed by atoms with E-state index in [4.69, 9.17) is 5.48 Å². The van der Waals surface area contributed by atoms with Crippen molar-refractivity contribution in [2.24, 2.45) is 0 Å². The van der Waals surface area contributed by atoms with Crippen LogP contribution in [0.2, 0.25) is 0 Å². The number of hydrogen-bond donors (Lipinski definition) is 0. The predicted molar refractivity (Wildman–Crippen MR) is 297 cm³/mol.